The summed E-state index contributed by atoms with van der Waals surface area (Å²) in [4.78, 5) is 14.5. The summed E-state index contributed by atoms with van der Waals surface area (Å²) in [6, 6.07) is 10.0. The van der Waals surface area contributed by atoms with Gasteiger partial charge in [0.2, 0.25) is 5.91 Å². The van der Waals surface area contributed by atoms with E-state index in [9.17, 15) is 4.79 Å². The molecule has 0 radical (unpaired) electrons. The molecular formula is C18H22N2O2. The van der Waals surface area contributed by atoms with Gasteiger partial charge in [0.05, 0.1) is 6.54 Å². The Morgan fingerprint density at radius 2 is 2.14 bits per heavy atom. The van der Waals surface area contributed by atoms with E-state index in [1.54, 1.807) is 0 Å². The van der Waals surface area contributed by atoms with Crippen LogP contribution in [0.2, 0.25) is 0 Å². The van der Waals surface area contributed by atoms with Crippen LogP contribution in [0.5, 0.6) is 0 Å². The molecule has 1 N–H and O–H groups in total. The molecule has 2 heterocycles. The molecule has 1 aromatic heterocycles. The maximum absolute atomic E-state index is 12.7. The second-order valence-corrected chi connectivity index (χ2v) is 6.81. The van der Waals surface area contributed by atoms with Crippen molar-refractivity contribution in [1.82, 2.24) is 10.2 Å². The van der Waals surface area contributed by atoms with Crippen molar-refractivity contribution >= 4 is 16.9 Å². The van der Waals surface area contributed by atoms with Crippen molar-refractivity contribution in [2.45, 2.75) is 25.8 Å². The lowest BCUT2D eigenvalue weighted by atomic mass is 9.91. The van der Waals surface area contributed by atoms with Gasteiger partial charge in [0.1, 0.15) is 11.3 Å². The van der Waals surface area contributed by atoms with Crippen LogP contribution in [0, 0.1) is 11.3 Å². The maximum atomic E-state index is 12.7. The van der Waals surface area contributed by atoms with Crippen LogP contribution < -0.4 is 5.32 Å². The van der Waals surface area contributed by atoms with Crippen molar-refractivity contribution in [1.29, 1.82) is 0 Å². The quantitative estimate of drug-likeness (QED) is 0.947. The zero-order chi connectivity index (χ0) is 15.2. The summed E-state index contributed by atoms with van der Waals surface area (Å²) >= 11 is 0. The smallest absolute Gasteiger partial charge is 0.226 e. The normalized spacial score (nSPS) is 22.9. The minimum Gasteiger partial charge on any atom is -0.459 e. The number of amides is 1. The average molecular weight is 298 g/mol. The number of hydrogen-bond acceptors (Lipinski definition) is 3. The van der Waals surface area contributed by atoms with Crippen LogP contribution in [0.15, 0.2) is 34.7 Å². The van der Waals surface area contributed by atoms with Crippen LogP contribution in [-0.4, -0.2) is 30.9 Å². The summed E-state index contributed by atoms with van der Waals surface area (Å²) in [6.07, 6.45) is 3.35. The lowest BCUT2D eigenvalue weighted by molar-refractivity contribution is -0.133. The number of furan rings is 1. The molecule has 1 aliphatic carbocycles. The van der Waals surface area contributed by atoms with Gasteiger partial charge in [0.25, 0.3) is 0 Å². The molecule has 1 unspecified atom stereocenters. The highest BCUT2D eigenvalue weighted by Crippen LogP contribution is 2.59. The Bertz CT molecular complexity index is 667. The van der Waals surface area contributed by atoms with E-state index < -0.39 is 0 Å². The highest BCUT2D eigenvalue weighted by molar-refractivity contribution is 5.83. The fourth-order valence-electron chi connectivity index (χ4n) is 3.87. The Labute approximate surface area is 130 Å². The average Bonchev–Trinajstić information content (AvgIpc) is 3.05. The molecule has 1 aromatic carbocycles. The van der Waals surface area contributed by atoms with E-state index >= 15 is 0 Å². The predicted molar refractivity (Wildman–Crippen MR) is 85.3 cm³/mol. The van der Waals surface area contributed by atoms with Gasteiger partial charge in [-0.1, -0.05) is 18.2 Å². The van der Waals surface area contributed by atoms with Crippen molar-refractivity contribution < 1.29 is 9.21 Å². The van der Waals surface area contributed by atoms with Crippen LogP contribution in [0.4, 0.5) is 0 Å². The van der Waals surface area contributed by atoms with Crippen LogP contribution in [0.25, 0.3) is 11.0 Å². The molecule has 2 fully saturated rings. The Hall–Kier alpha value is -1.81. The molecule has 1 saturated heterocycles. The zero-order valence-corrected chi connectivity index (χ0v) is 13.0. The lowest BCUT2D eigenvalue weighted by Crippen LogP contribution is -2.34. The minimum atomic E-state index is 0.226. The molecule has 1 saturated carbocycles. The highest BCUT2D eigenvalue weighted by atomic mass is 16.3. The number of nitrogens with zero attached hydrogens (tertiary/aromatic N) is 1. The third kappa shape index (κ3) is 2.31. The largest absolute Gasteiger partial charge is 0.459 e. The van der Waals surface area contributed by atoms with E-state index in [0.29, 0.717) is 12.0 Å². The zero-order valence-electron chi connectivity index (χ0n) is 13.0. The third-order valence-electron chi connectivity index (χ3n) is 5.33. The molecular weight excluding hydrogens is 276 g/mol. The Morgan fingerprint density at radius 1 is 1.36 bits per heavy atom. The molecule has 2 aliphatic rings. The standard InChI is InChI=1S/C18H22N2O2/c1-20(12-14-10-13-4-2-3-5-16(13)22-14)17(21)15-11-18(15)6-8-19-9-7-18/h2-5,10,15,19H,6-9,11-12H2,1H3. The van der Waals surface area contributed by atoms with Crippen LogP contribution in [-0.2, 0) is 11.3 Å². The van der Waals surface area contributed by atoms with E-state index in [2.05, 4.69) is 5.32 Å². The van der Waals surface area contributed by atoms with Gasteiger partial charge < -0.3 is 14.6 Å². The van der Waals surface area contributed by atoms with Crippen molar-refractivity contribution in [3.8, 4) is 0 Å². The summed E-state index contributed by atoms with van der Waals surface area (Å²) in [6.45, 7) is 2.66. The molecule has 1 atom stereocenters. The van der Waals surface area contributed by atoms with Crippen LogP contribution in [0.1, 0.15) is 25.0 Å². The van der Waals surface area contributed by atoms with E-state index in [1.807, 2.05) is 42.3 Å². The van der Waals surface area contributed by atoms with Crippen LogP contribution in [0.3, 0.4) is 0 Å². The Morgan fingerprint density at radius 3 is 2.91 bits per heavy atom. The fraction of sp³-hybridized carbons (Fsp3) is 0.500. The van der Waals surface area contributed by atoms with Crippen molar-refractivity contribution in [2.24, 2.45) is 11.3 Å². The molecule has 4 heteroatoms. The summed E-state index contributed by atoms with van der Waals surface area (Å²) in [5.74, 6) is 1.36. The molecule has 22 heavy (non-hydrogen) atoms. The Balaban J connectivity index is 1.43. The van der Waals surface area contributed by atoms with Gasteiger partial charge in [-0.25, -0.2) is 0 Å². The third-order valence-corrected chi connectivity index (χ3v) is 5.33. The van der Waals surface area contributed by atoms with E-state index in [4.69, 9.17) is 4.42 Å². The molecule has 0 bridgehead atoms. The molecule has 1 spiro atoms. The number of carbonyl (C=O) groups excluding carboxylic acids is 1. The van der Waals surface area contributed by atoms with Gasteiger partial charge >= 0.3 is 0 Å². The first-order valence-corrected chi connectivity index (χ1v) is 8.11. The minimum absolute atomic E-state index is 0.226. The van der Waals surface area contributed by atoms with Gasteiger partial charge in [-0.15, -0.1) is 0 Å². The second kappa shape index (κ2) is 5.13. The molecule has 116 valence electrons. The number of fused-ring (bicyclic) bond motifs is 1. The first kappa shape index (κ1) is 13.8. The monoisotopic (exact) mass is 298 g/mol. The molecule has 2 aromatic rings. The van der Waals surface area contributed by atoms with Gasteiger partial charge in [-0.3, -0.25) is 4.79 Å². The lowest BCUT2D eigenvalue weighted by Gasteiger charge is -2.24. The van der Waals surface area contributed by atoms with E-state index in [-0.39, 0.29) is 11.8 Å². The summed E-state index contributed by atoms with van der Waals surface area (Å²) in [5, 5.41) is 4.48. The predicted octanol–water partition coefficient (Wildman–Crippen LogP) is 2.78. The summed E-state index contributed by atoms with van der Waals surface area (Å²) < 4.78 is 5.82. The second-order valence-electron chi connectivity index (χ2n) is 6.81. The maximum Gasteiger partial charge on any atom is 0.226 e. The summed E-state index contributed by atoms with van der Waals surface area (Å²) in [5.41, 5.74) is 1.18. The number of carbonyl (C=O) groups is 1. The molecule has 1 amide bonds. The first-order valence-electron chi connectivity index (χ1n) is 8.11. The fourth-order valence-corrected chi connectivity index (χ4v) is 3.87. The van der Waals surface area contributed by atoms with Gasteiger partial charge in [-0.2, -0.15) is 0 Å². The highest BCUT2D eigenvalue weighted by Gasteiger charge is 2.58. The summed E-state index contributed by atoms with van der Waals surface area (Å²) in [7, 11) is 1.89. The number of rotatable bonds is 3. The SMILES string of the molecule is CN(Cc1cc2ccccc2o1)C(=O)C1CC12CCNCC2. The molecule has 4 nitrogen and oxygen atoms in total. The van der Waals surface area contributed by atoms with Crippen molar-refractivity contribution in [3.05, 3.63) is 36.1 Å². The Kier molecular flexibility index (Phi) is 3.22. The number of hydrogen-bond donors (Lipinski definition) is 1. The van der Waals surface area contributed by atoms with Gasteiger partial charge in [0, 0.05) is 18.4 Å². The number of benzene rings is 1. The van der Waals surface area contributed by atoms with E-state index in [0.717, 1.165) is 49.1 Å². The van der Waals surface area contributed by atoms with Crippen molar-refractivity contribution in [2.75, 3.05) is 20.1 Å². The topological polar surface area (TPSA) is 45.5 Å². The van der Waals surface area contributed by atoms with Crippen LogP contribution >= 0.6 is 0 Å². The van der Waals surface area contributed by atoms with Gasteiger partial charge in [-0.05, 0) is 49.9 Å². The molecule has 1 aliphatic heterocycles. The van der Waals surface area contributed by atoms with E-state index in [1.165, 1.54) is 0 Å². The molecule has 4 rings (SSSR count). The number of piperidine rings is 1. The first-order chi connectivity index (χ1) is 10.7. The number of nitrogens with one attached hydrogen (secondary N) is 1. The van der Waals surface area contributed by atoms with Crippen molar-refractivity contribution in [3.63, 3.8) is 0 Å². The van der Waals surface area contributed by atoms with Gasteiger partial charge in [0.15, 0.2) is 0 Å². The number of para-hydroxylation sites is 1.